The third-order valence-corrected chi connectivity index (χ3v) is 5.10. The van der Waals surface area contributed by atoms with Crippen molar-refractivity contribution in [3.05, 3.63) is 130 Å². The summed E-state index contributed by atoms with van der Waals surface area (Å²) in [7, 11) is 0. The normalized spacial score (nSPS) is 11.2. The maximum Gasteiger partial charge on any atom is 0.132 e. The summed E-state index contributed by atoms with van der Waals surface area (Å²) in [5.41, 5.74) is 3.49. The quantitative estimate of drug-likeness (QED) is 0.292. The summed E-state index contributed by atoms with van der Waals surface area (Å²) in [6, 6.07) is 34.6. The molecule has 0 atom stereocenters. The van der Waals surface area contributed by atoms with E-state index in [0.717, 1.165) is 22.4 Å². The molecule has 3 aromatic carbocycles. The van der Waals surface area contributed by atoms with Gasteiger partial charge in [0, 0.05) is 5.69 Å². The summed E-state index contributed by atoms with van der Waals surface area (Å²) in [6.45, 7) is 0. The average Bonchev–Trinajstić information content (AvgIpc) is 2.73. The molecule has 4 heteroatoms. The van der Waals surface area contributed by atoms with E-state index in [9.17, 15) is 0 Å². The number of rotatable bonds is 5. The first-order valence-corrected chi connectivity index (χ1v) is 9.72. The highest BCUT2D eigenvalue weighted by molar-refractivity contribution is 6.32. The fraction of sp³-hybridized carbons (Fsp3) is 0.0417. The molecule has 1 heterocycles. The van der Waals surface area contributed by atoms with Gasteiger partial charge in [0.1, 0.15) is 15.8 Å². The number of halogens is 2. The van der Waals surface area contributed by atoms with Crippen molar-refractivity contribution in [3.63, 3.8) is 0 Å². The first kappa shape index (κ1) is 18.5. The van der Waals surface area contributed by atoms with Crippen LogP contribution in [-0.2, 0) is 5.54 Å². The number of hydrogen-bond acceptors (Lipinski definition) is 2. The minimum Gasteiger partial charge on any atom is -0.368 e. The van der Waals surface area contributed by atoms with E-state index in [0.29, 0.717) is 10.3 Å². The number of pyridine rings is 1. The second kappa shape index (κ2) is 8.05. The zero-order chi connectivity index (χ0) is 19.4. The van der Waals surface area contributed by atoms with Gasteiger partial charge in [-0.25, -0.2) is 4.98 Å². The SMILES string of the molecule is Clc1cc(NC(c2ccccc2)(c2ccccc2)c2ccccc2)cc(Cl)n1. The Labute approximate surface area is 174 Å². The molecular weight excluding hydrogens is 387 g/mol. The van der Waals surface area contributed by atoms with Crippen molar-refractivity contribution in [3.8, 4) is 0 Å². The van der Waals surface area contributed by atoms with Gasteiger partial charge in [0.15, 0.2) is 0 Å². The molecule has 0 aliphatic heterocycles. The Hall–Kier alpha value is -2.81. The minimum absolute atomic E-state index is 0.345. The molecule has 0 spiro atoms. The second-order valence-electron chi connectivity index (χ2n) is 6.47. The standard InChI is InChI=1S/C24H18Cl2N2/c25-22-16-21(17-23(26)27-22)28-24(18-10-4-1-5-11-18,19-12-6-2-7-13-19)20-14-8-3-9-15-20/h1-17H,(H,27,28). The van der Waals surface area contributed by atoms with Gasteiger partial charge in [-0.05, 0) is 28.8 Å². The summed E-state index contributed by atoms with van der Waals surface area (Å²) >= 11 is 12.4. The number of aromatic nitrogens is 1. The molecule has 4 rings (SSSR count). The van der Waals surface area contributed by atoms with Crippen LogP contribution >= 0.6 is 23.2 Å². The zero-order valence-electron chi connectivity index (χ0n) is 15.0. The van der Waals surface area contributed by atoms with E-state index in [2.05, 4.69) is 46.7 Å². The molecule has 2 nitrogen and oxygen atoms in total. The van der Waals surface area contributed by atoms with Crippen LogP contribution in [0.25, 0.3) is 0 Å². The van der Waals surface area contributed by atoms with Gasteiger partial charge in [0.25, 0.3) is 0 Å². The first-order chi connectivity index (χ1) is 13.7. The fourth-order valence-electron chi connectivity index (χ4n) is 3.53. The van der Waals surface area contributed by atoms with Crippen LogP contribution < -0.4 is 5.32 Å². The number of hydrogen-bond donors (Lipinski definition) is 1. The third-order valence-electron chi connectivity index (χ3n) is 4.72. The number of nitrogens with zero attached hydrogens (tertiary/aromatic N) is 1. The van der Waals surface area contributed by atoms with Crippen LogP contribution in [0, 0.1) is 0 Å². The van der Waals surface area contributed by atoms with Crippen molar-refractivity contribution in [2.45, 2.75) is 5.54 Å². The third kappa shape index (κ3) is 3.62. The molecule has 0 aliphatic carbocycles. The molecule has 0 fully saturated rings. The van der Waals surface area contributed by atoms with E-state index in [-0.39, 0.29) is 0 Å². The van der Waals surface area contributed by atoms with Gasteiger partial charge < -0.3 is 5.32 Å². The zero-order valence-corrected chi connectivity index (χ0v) is 16.5. The molecule has 0 bridgehead atoms. The Morgan fingerprint density at radius 3 is 1.29 bits per heavy atom. The van der Waals surface area contributed by atoms with Crippen molar-refractivity contribution in [1.29, 1.82) is 0 Å². The highest BCUT2D eigenvalue weighted by atomic mass is 35.5. The van der Waals surface area contributed by atoms with Gasteiger partial charge >= 0.3 is 0 Å². The molecular formula is C24H18Cl2N2. The lowest BCUT2D eigenvalue weighted by atomic mass is 9.77. The topological polar surface area (TPSA) is 24.9 Å². The van der Waals surface area contributed by atoms with Crippen LogP contribution in [0.1, 0.15) is 16.7 Å². The van der Waals surface area contributed by atoms with E-state index in [1.807, 2.05) is 54.6 Å². The molecule has 1 N–H and O–H groups in total. The van der Waals surface area contributed by atoms with Gasteiger partial charge in [-0.1, -0.05) is 114 Å². The van der Waals surface area contributed by atoms with Crippen LogP contribution in [0.2, 0.25) is 10.3 Å². The van der Waals surface area contributed by atoms with Gasteiger partial charge in [0.05, 0.1) is 0 Å². The summed E-state index contributed by atoms with van der Waals surface area (Å²) < 4.78 is 0. The number of benzene rings is 3. The highest BCUT2D eigenvalue weighted by Crippen LogP contribution is 2.40. The predicted octanol–water partition coefficient (Wildman–Crippen LogP) is 6.79. The molecule has 0 aliphatic rings. The molecule has 0 unspecified atom stereocenters. The summed E-state index contributed by atoms with van der Waals surface area (Å²) in [6.07, 6.45) is 0. The molecule has 0 saturated carbocycles. The molecule has 0 amide bonds. The smallest absolute Gasteiger partial charge is 0.132 e. The summed E-state index contributed by atoms with van der Waals surface area (Å²) in [4.78, 5) is 4.07. The van der Waals surface area contributed by atoms with Crippen molar-refractivity contribution in [1.82, 2.24) is 4.98 Å². The Morgan fingerprint density at radius 1 is 0.571 bits per heavy atom. The van der Waals surface area contributed by atoms with Gasteiger partial charge in [-0.15, -0.1) is 0 Å². The molecule has 0 saturated heterocycles. The van der Waals surface area contributed by atoms with Gasteiger partial charge in [-0.3, -0.25) is 0 Å². The van der Waals surface area contributed by atoms with Crippen molar-refractivity contribution >= 4 is 28.9 Å². The van der Waals surface area contributed by atoms with E-state index in [1.54, 1.807) is 12.1 Å². The summed E-state index contributed by atoms with van der Waals surface area (Å²) in [5.74, 6) is 0. The van der Waals surface area contributed by atoms with Crippen LogP contribution in [0.4, 0.5) is 5.69 Å². The largest absolute Gasteiger partial charge is 0.368 e. The molecule has 4 aromatic rings. The van der Waals surface area contributed by atoms with Crippen molar-refractivity contribution in [2.24, 2.45) is 0 Å². The van der Waals surface area contributed by atoms with E-state index in [4.69, 9.17) is 23.2 Å². The number of anilines is 1. The van der Waals surface area contributed by atoms with Crippen LogP contribution in [0.15, 0.2) is 103 Å². The fourth-order valence-corrected chi connectivity index (χ4v) is 3.99. The van der Waals surface area contributed by atoms with Gasteiger partial charge in [0.2, 0.25) is 0 Å². The lowest BCUT2D eigenvalue weighted by Crippen LogP contribution is -2.38. The van der Waals surface area contributed by atoms with Crippen LogP contribution in [0.5, 0.6) is 0 Å². The van der Waals surface area contributed by atoms with Crippen molar-refractivity contribution < 1.29 is 0 Å². The Morgan fingerprint density at radius 2 is 0.929 bits per heavy atom. The lowest BCUT2D eigenvalue weighted by Gasteiger charge is -2.38. The number of nitrogens with one attached hydrogen (secondary N) is 1. The predicted molar refractivity (Wildman–Crippen MR) is 117 cm³/mol. The molecule has 0 radical (unpaired) electrons. The first-order valence-electron chi connectivity index (χ1n) is 8.96. The van der Waals surface area contributed by atoms with E-state index in [1.165, 1.54) is 0 Å². The summed E-state index contributed by atoms with van der Waals surface area (Å²) in [5, 5.41) is 4.41. The maximum absolute atomic E-state index is 6.18. The molecule has 1 aromatic heterocycles. The maximum atomic E-state index is 6.18. The molecule has 138 valence electrons. The second-order valence-corrected chi connectivity index (χ2v) is 7.25. The lowest BCUT2D eigenvalue weighted by molar-refractivity contribution is 0.711. The molecule has 28 heavy (non-hydrogen) atoms. The Kier molecular flexibility index (Phi) is 5.34. The monoisotopic (exact) mass is 404 g/mol. The van der Waals surface area contributed by atoms with Crippen LogP contribution in [-0.4, -0.2) is 4.98 Å². The Bertz CT molecular complexity index is 935. The Balaban J connectivity index is 2.01. The average molecular weight is 405 g/mol. The van der Waals surface area contributed by atoms with Crippen LogP contribution in [0.3, 0.4) is 0 Å². The highest BCUT2D eigenvalue weighted by Gasteiger charge is 2.36. The minimum atomic E-state index is -0.627. The van der Waals surface area contributed by atoms with E-state index < -0.39 is 5.54 Å². The van der Waals surface area contributed by atoms with Gasteiger partial charge in [-0.2, -0.15) is 0 Å². The van der Waals surface area contributed by atoms with Crippen molar-refractivity contribution in [2.75, 3.05) is 5.32 Å². The van der Waals surface area contributed by atoms with E-state index >= 15 is 0 Å².